The van der Waals surface area contributed by atoms with E-state index in [1.807, 2.05) is 6.92 Å². The number of rotatable bonds is 1. The van der Waals surface area contributed by atoms with Crippen LogP contribution in [0, 0.1) is 6.92 Å². The maximum Gasteiger partial charge on any atom is 0.232 e. The molecule has 2 heterocycles. The van der Waals surface area contributed by atoms with Crippen molar-refractivity contribution in [3.05, 3.63) is 11.9 Å². The largest absolute Gasteiger partial charge is 0.232 e. The molecule has 0 saturated carbocycles. The van der Waals surface area contributed by atoms with E-state index < -0.39 is 9.84 Å². The maximum absolute atomic E-state index is 11.1. The lowest BCUT2D eigenvalue weighted by atomic mass is 10.6. The molecule has 0 saturated heterocycles. The van der Waals surface area contributed by atoms with E-state index >= 15 is 0 Å². The summed E-state index contributed by atoms with van der Waals surface area (Å²) in [6.45, 7) is 1.83. The molecule has 0 atom stereocenters. The van der Waals surface area contributed by atoms with Gasteiger partial charge >= 0.3 is 0 Å². The quantitative estimate of drug-likeness (QED) is 0.698. The minimum absolute atomic E-state index is 0.106. The molecule has 0 aliphatic rings. The second kappa shape index (κ2) is 2.52. The average molecular weight is 217 g/mol. The van der Waals surface area contributed by atoms with E-state index in [0.717, 1.165) is 23.3 Å². The molecule has 0 N–H and O–H groups in total. The van der Waals surface area contributed by atoms with Gasteiger partial charge in [0.2, 0.25) is 19.1 Å². The van der Waals surface area contributed by atoms with Crippen molar-refractivity contribution in [1.29, 1.82) is 0 Å². The van der Waals surface area contributed by atoms with Crippen LogP contribution >= 0.6 is 11.3 Å². The van der Waals surface area contributed by atoms with Gasteiger partial charge in [-0.15, -0.1) is 5.10 Å². The van der Waals surface area contributed by atoms with Gasteiger partial charge in [-0.3, -0.25) is 0 Å². The molecule has 2 rings (SSSR count). The Balaban J connectivity index is 2.71. The number of imidazole rings is 1. The minimum Gasteiger partial charge on any atom is -0.223 e. The number of hydrogen-bond acceptors (Lipinski definition) is 5. The molecule has 0 spiro atoms. The first kappa shape index (κ1) is 8.64. The van der Waals surface area contributed by atoms with Crippen LogP contribution in [0.15, 0.2) is 10.5 Å². The fourth-order valence-electron chi connectivity index (χ4n) is 0.941. The number of fused-ring (bicyclic) bond motifs is 1. The van der Waals surface area contributed by atoms with Gasteiger partial charge in [0, 0.05) is 6.26 Å². The van der Waals surface area contributed by atoms with Crippen molar-refractivity contribution in [3.63, 3.8) is 0 Å². The van der Waals surface area contributed by atoms with Crippen LogP contribution < -0.4 is 0 Å². The molecule has 5 nitrogen and oxygen atoms in total. The van der Waals surface area contributed by atoms with Gasteiger partial charge in [-0.2, -0.15) is 0 Å². The summed E-state index contributed by atoms with van der Waals surface area (Å²) in [7, 11) is -3.20. The minimum atomic E-state index is -3.20. The number of hydrogen-bond donors (Lipinski definition) is 0. The Labute approximate surface area is 79.0 Å². The van der Waals surface area contributed by atoms with E-state index in [4.69, 9.17) is 0 Å². The zero-order chi connectivity index (χ0) is 9.64. The van der Waals surface area contributed by atoms with E-state index in [2.05, 4.69) is 10.1 Å². The van der Waals surface area contributed by atoms with Gasteiger partial charge in [0.05, 0.1) is 11.9 Å². The van der Waals surface area contributed by atoms with Crippen LogP contribution in [-0.2, 0) is 9.84 Å². The van der Waals surface area contributed by atoms with Crippen LogP contribution in [0.25, 0.3) is 4.96 Å². The van der Waals surface area contributed by atoms with E-state index in [0.29, 0.717) is 4.96 Å². The zero-order valence-corrected chi connectivity index (χ0v) is 8.68. The Morgan fingerprint density at radius 1 is 1.54 bits per heavy atom. The van der Waals surface area contributed by atoms with Gasteiger partial charge in [0.25, 0.3) is 0 Å². The summed E-state index contributed by atoms with van der Waals surface area (Å²) in [5, 5.41) is 3.89. The summed E-state index contributed by atoms with van der Waals surface area (Å²) < 4.78 is 23.8. The van der Waals surface area contributed by atoms with Crippen molar-refractivity contribution in [3.8, 4) is 0 Å². The normalized spacial score (nSPS) is 12.5. The molecule has 7 heteroatoms. The Morgan fingerprint density at radius 3 is 2.77 bits per heavy atom. The van der Waals surface area contributed by atoms with Crippen LogP contribution in [0.1, 0.15) is 5.69 Å². The van der Waals surface area contributed by atoms with Gasteiger partial charge in [-0.05, 0) is 6.92 Å². The molecule has 2 aromatic rings. The average Bonchev–Trinajstić information content (AvgIpc) is 2.40. The first-order valence-electron chi connectivity index (χ1n) is 3.50. The lowest BCUT2D eigenvalue weighted by molar-refractivity contribution is 0.599. The molecule has 13 heavy (non-hydrogen) atoms. The number of nitrogens with zero attached hydrogens (tertiary/aromatic N) is 3. The van der Waals surface area contributed by atoms with Crippen molar-refractivity contribution < 1.29 is 8.42 Å². The molecule has 0 unspecified atom stereocenters. The third-order valence-electron chi connectivity index (χ3n) is 1.46. The molecule has 0 bridgehead atoms. The predicted molar refractivity (Wildman–Crippen MR) is 48.7 cm³/mol. The first-order valence-corrected chi connectivity index (χ1v) is 6.20. The Hall–Kier alpha value is -0.950. The van der Waals surface area contributed by atoms with Gasteiger partial charge in [0.15, 0.2) is 0 Å². The Kier molecular flexibility index (Phi) is 1.67. The summed E-state index contributed by atoms with van der Waals surface area (Å²) in [6, 6.07) is 0. The van der Waals surface area contributed by atoms with Crippen LogP contribution in [0.4, 0.5) is 0 Å². The Bertz CT molecular complexity index is 520. The van der Waals surface area contributed by atoms with Crippen LogP contribution in [-0.4, -0.2) is 29.3 Å². The molecule has 0 aliphatic heterocycles. The Morgan fingerprint density at radius 2 is 2.23 bits per heavy atom. The van der Waals surface area contributed by atoms with Gasteiger partial charge < -0.3 is 0 Å². The fourth-order valence-corrected chi connectivity index (χ4v) is 2.67. The van der Waals surface area contributed by atoms with E-state index in [1.165, 1.54) is 4.52 Å². The highest BCUT2D eigenvalue weighted by Gasteiger charge is 2.14. The summed E-state index contributed by atoms with van der Waals surface area (Å²) >= 11 is 1.08. The molecule has 0 aliphatic carbocycles. The van der Waals surface area contributed by atoms with Crippen molar-refractivity contribution >= 4 is 26.1 Å². The molecular formula is C6H7N3O2S2. The lowest BCUT2D eigenvalue weighted by Gasteiger charge is -1.85. The van der Waals surface area contributed by atoms with Gasteiger partial charge in [-0.1, -0.05) is 11.3 Å². The summed E-state index contributed by atoms with van der Waals surface area (Å²) in [4.78, 5) is 4.71. The molecule has 0 amide bonds. The molecule has 70 valence electrons. The molecule has 0 aromatic carbocycles. The standard InChI is InChI=1S/C6H7N3O2S2/c1-4-3-9-5(7-4)12-6(8-9)13(2,10)11/h3H,1-2H3. The maximum atomic E-state index is 11.1. The molecule has 0 fully saturated rings. The molecule has 0 radical (unpaired) electrons. The highest BCUT2D eigenvalue weighted by Crippen LogP contribution is 2.18. The topological polar surface area (TPSA) is 64.3 Å². The fraction of sp³-hybridized carbons (Fsp3) is 0.333. The summed E-state index contributed by atoms with van der Waals surface area (Å²) in [5.74, 6) is 0. The third kappa shape index (κ3) is 1.44. The highest BCUT2D eigenvalue weighted by molar-refractivity contribution is 7.92. The van der Waals surface area contributed by atoms with Crippen molar-refractivity contribution in [2.75, 3.05) is 6.26 Å². The first-order chi connectivity index (χ1) is 5.97. The lowest BCUT2D eigenvalue weighted by Crippen LogP contribution is -1.96. The van der Waals surface area contributed by atoms with Crippen molar-refractivity contribution in [1.82, 2.24) is 14.6 Å². The van der Waals surface area contributed by atoms with Crippen molar-refractivity contribution in [2.24, 2.45) is 0 Å². The van der Waals surface area contributed by atoms with E-state index in [-0.39, 0.29) is 4.34 Å². The monoisotopic (exact) mass is 217 g/mol. The molecular weight excluding hydrogens is 210 g/mol. The van der Waals surface area contributed by atoms with Crippen LogP contribution in [0.5, 0.6) is 0 Å². The number of aromatic nitrogens is 3. The highest BCUT2D eigenvalue weighted by atomic mass is 32.2. The number of sulfone groups is 1. The zero-order valence-electron chi connectivity index (χ0n) is 7.05. The van der Waals surface area contributed by atoms with Gasteiger partial charge in [-0.25, -0.2) is 17.9 Å². The second-order valence-corrected chi connectivity index (χ2v) is 5.89. The summed E-state index contributed by atoms with van der Waals surface area (Å²) in [5.41, 5.74) is 0.832. The van der Waals surface area contributed by atoms with E-state index in [1.54, 1.807) is 6.20 Å². The summed E-state index contributed by atoms with van der Waals surface area (Å²) in [6.07, 6.45) is 2.83. The van der Waals surface area contributed by atoms with E-state index in [9.17, 15) is 8.42 Å². The van der Waals surface area contributed by atoms with Crippen LogP contribution in [0.3, 0.4) is 0 Å². The molecule has 2 aromatic heterocycles. The smallest absolute Gasteiger partial charge is 0.223 e. The van der Waals surface area contributed by atoms with Crippen LogP contribution in [0.2, 0.25) is 0 Å². The predicted octanol–water partition coefficient (Wildman–Crippen LogP) is 0.503. The van der Waals surface area contributed by atoms with Crippen molar-refractivity contribution in [2.45, 2.75) is 11.3 Å². The number of aryl methyl sites for hydroxylation is 1. The third-order valence-corrected chi connectivity index (χ3v) is 4.05. The van der Waals surface area contributed by atoms with Gasteiger partial charge in [0.1, 0.15) is 0 Å². The SMILES string of the molecule is Cc1cn2nc(S(C)(=O)=O)sc2n1. The second-order valence-electron chi connectivity index (χ2n) is 2.75.